The second kappa shape index (κ2) is 8.62. The molecule has 25 heavy (non-hydrogen) atoms. The van der Waals surface area contributed by atoms with Crippen molar-refractivity contribution in [2.75, 3.05) is 6.61 Å². The zero-order valence-corrected chi connectivity index (χ0v) is 15.3. The number of hydrogen-bond acceptors (Lipinski definition) is 5. The molecular formula is C18H22N2O4S. The van der Waals surface area contributed by atoms with E-state index in [0.29, 0.717) is 12.3 Å². The van der Waals surface area contributed by atoms with Crippen molar-refractivity contribution in [2.45, 2.75) is 33.2 Å². The fourth-order valence-corrected chi connectivity index (χ4v) is 3.11. The van der Waals surface area contributed by atoms with E-state index in [1.54, 1.807) is 13.8 Å². The van der Waals surface area contributed by atoms with E-state index in [1.165, 1.54) is 11.3 Å². The minimum Gasteiger partial charge on any atom is -0.494 e. The molecule has 0 saturated heterocycles. The van der Waals surface area contributed by atoms with Crippen LogP contribution in [0.4, 0.5) is 0 Å². The molecule has 2 rings (SSSR count). The van der Waals surface area contributed by atoms with E-state index in [2.05, 4.69) is 10.3 Å². The first-order chi connectivity index (χ1) is 11.9. The van der Waals surface area contributed by atoms with Gasteiger partial charge >= 0.3 is 5.97 Å². The van der Waals surface area contributed by atoms with E-state index in [0.717, 1.165) is 16.3 Å². The van der Waals surface area contributed by atoms with Gasteiger partial charge in [0.1, 0.15) is 16.8 Å². The average Bonchev–Trinajstić information content (AvgIpc) is 3.01. The number of nitrogens with zero attached hydrogens (tertiary/aromatic N) is 1. The van der Waals surface area contributed by atoms with Crippen molar-refractivity contribution < 1.29 is 19.4 Å². The standard InChI is InChI=1S/C18H22N2O4S/c1-4-24-14-7-5-12(6-8-14)17-19-13(10-25-17)9-15(21)20-16(11(2)3)18(22)23/h5-8,10-11,16H,4,9H2,1-3H3,(H,20,21)(H,22,23)/t16-/m0/s1. The van der Waals surface area contributed by atoms with Gasteiger partial charge in [0.05, 0.1) is 18.7 Å². The first-order valence-corrected chi connectivity index (χ1v) is 8.98. The largest absolute Gasteiger partial charge is 0.494 e. The quantitative estimate of drug-likeness (QED) is 0.754. The molecule has 0 saturated carbocycles. The third kappa shape index (κ3) is 5.29. The Morgan fingerprint density at radius 2 is 1.96 bits per heavy atom. The Morgan fingerprint density at radius 3 is 2.52 bits per heavy atom. The third-order valence-electron chi connectivity index (χ3n) is 3.55. The van der Waals surface area contributed by atoms with Gasteiger partial charge in [0.2, 0.25) is 5.91 Å². The third-order valence-corrected chi connectivity index (χ3v) is 4.50. The van der Waals surface area contributed by atoms with Crippen molar-refractivity contribution in [1.82, 2.24) is 10.3 Å². The molecule has 0 aliphatic heterocycles. The number of rotatable bonds is 8. The van der Waals surface area contributed by atoms with E-state index in [1.807, 2.05) is 36.6 Å². The molecule has 2 aromatic rings. The lowest BCUT2D eigenvalue weighted by Gasteiger charge is -2.17. The van der Waals surface area contributed by atoms with Crippen LogP contribution in [0, 0.1) is 5.92 Å². The molecule has 0 fully saturated rings. The summed E-state index contributed by atoms with van der Waals surface area (Å²) in [5, 5.41) is 14.3. The summed E-state index contributed by atoms with van der Waals surface area (Å²) >= 11 is 1.45. The van der Waals surface area contributed by atoms with Crippen LogP contribution in [0.15, 0.2) is 29.6 Å². The maximum absolute atomic E-state index is 12.1. The highest BCUT2D eigenvalue weighted by atomic mass is 32.1. The Bertz CT molecular complexity index is 725. The minimum absolute atomic E-state index is 0.0596. The molecular weight excluding hydrogens is 340 g/mol. The van der Waals surface area contributed by atoms with Crippen molar-refractivity contribution in [3.8, 4) is 16.3 Å². The van der Waals surface area contributed by atoms with Gasteiger partial charge in [-0.25, -0.2) is 9.78 Å². The number of carbonyl (C=O) groups is 2. The Morgan fingerprint density at radius 1 is 1.28 bits per heavy atom. The molecule has 2 N–H and O–H groups in total. The Hall–Kier alpha value is -2.41. The van der Waals surface area contributed by atoms with Crippen molar-refractivity contribution in [2.24, 2.45) is 5.92 Å². The van der Waals surface area contributed by atoms with Gasteiger partial charge < -0.3 is 15.2 Å². The maximum atomic E-state index is 12.1. The van der Waals surface area contributed by atoms with E-state index < -0.39 is 12.0 Å². The summed E-state index contributed by atoms with van der Waals surface area (Å²) in [6, 6.07) is 6.72. The van der Waals surface area contributed by atoms with E-state index in [4.69, 9.17) is 9.84 Å². The van der Waals surface area contributed by atoms with Gasteiger partial charge in [-0.15, -0.1) is 11.3 Å². The number of thiazole rings is 1. The number of nitrogens with one attached hydrogen (secondary N) is 1. The molecule has 0 radical (unpaired) electrons. The fourth-order valence-electron chi connectivity index (χ4n) is 2.28. The molecule has 134 valence electrons. The summed E-state index contributed by atoms with van der Waals surface area (Å²) < 4.78 is 5.41. The summed E-state index contributed by atoms with van der Waals surface area (Å²) in [6.07, 6.45) is 0.0596. The molecule has 1 atom stereocenters. The summed E-state index contributed by atoms with van der Waals surface area (Å²) in [6.45, 7) is 6.06. The van der Waals surface area contributed by atoms with E-state index in [-0.39, 0.29) is 18.2 Å². The number of carbonyl (C=O) groups excluding carboxylic acids is 1. The molecule has 1 amide bonds. The van der Waals surface area contributed by atoms with Gasteiger partial charge in [0.25, 0.3) is 0 Å². The predicted molar refractivity (Wildman–Crippen MR) is 96.8 cm³/mol. The van der Waals surface area contributed by atoms with Gasteiger partial charge in [0, 0.05) is 10.9 Å². The molecule has 0 spiro atoms. The lowest BCUT2D eigenvalue weighted by atomic mass is 10.0. The van der Waals surface area contributed by atoms with Gasteiger partial charge in [0.15, 0.2) is 0 Å². The Labute approximate surface area is 150 Å². The molecule has 0 aliphatic carbocycles. The van der Waals surface area contributed by atoms with Crippen LogP contribution >= 0.6 is 11.3 Å². The summed E-state index contributed by atoms with van der Waals surface area (Å²) in [4.78, 5) is 27.7. The number of amides is 1. The zero-order chi connectivity index (χ0) is 18.4. The molecule has 0 aliphatic rings. The average molecular weight is 362 g/mol. The summed E-state index contributed by atoms with van der Waals surface area (Å²) in [5.41, 5.74) is 1.57. The normalized spacial score (nSPS) is 12.0. The SMILES string of the molecule is CCOc1ccc(-c2nc(CC(=O)N[C@H](C(=O)O)C(C)C)cs2)cc1. The van der Waals surface area contributed by atoms with Crippen molar-refractivity contribution in [1.29, 1.82) is 0 Å². The monoisotopic (exact) mass is 362 g/mol. The number of aliphatic carboxylic acids is 1. The molecule has 1 aromatic carbocycles. The van der Waals surface area contributed by atoms with Gasteiger partial charge in [-0.2, -0.15) is 0 Å². The van der Waals surface area contributed by atoms with Crippen molar-refractivity contribution >= 4 is 23.2 Å². The molecule has 6 nitrogen and oxygen atoms in total. The fraction of sp³-hybridized carbons (Fsp3) is 0.389. The molecule has 1 aromatic heterocycles. The summed E-state index contributed by atoms with van der Waals surface area (Å²) in [7, 11) is 0. The number of aromatic nitrogens is 1. The summed E-state index contributed by atoms with van der Waals surface area (Å²) in [5.74, 6) is -0.756. The van der Waals surface area contributed by atoms with Gasteiger partial charge in [-0.3, -0.25) is 4.79 Å². The molecule has 1 heterocycles. The first-order valence-electron chi connectivity index (χ1n) is 8.10. The van der Waals surface area contributed by atoms with Crippen LogP contribution in [0.1, 0.15) is 26.5 Å². The highest BCUT2D eigenvalue weighted by Gasteiger charge is 2.23. The van der Waals surface area contributed by atoms with Gasteiger partial charge in [-0.1, -0.05) is 13.8 Å². The van der Waals surface area contributed by atoms with Gasteiger partial charge in [-0.05, 0) is 37.1 Å². The predicted octanol–water partition coefficient (Wildman–Crippen LogP) is 2.98. The second-order valence-corrected chi connectivity index (χ2v) is 6.76. The van der Waals surface area contributed by atoms with Crippen LogP contribution < -0.4 is 10.1 Å². The Kier molecular flexibility index (Phi) is 6.52. The zero-order valence-electron chi connectivity index (χ0n) is 14.5. The van der Waals surface area contributed by atoms with Crippen LogP contribution in [-0.2, 0) is 16.0 Å². The van der Waals surface area contributed by atoms with Crippen LogP contribution in [0.2, 0.25) is 0 Å². The number of benzene rings is 1. The highest BCUT2D eigenvalue weighted by molar-refractivity contribution is 7.13. The van der Waals surface area contributed by atoms with Crippen molar-refractivity contribution in [3.63, 3.8) is 0 Å². The van der Waals surface area contributed by atoms with Crippen molar-refractivity contribution in [3.05, 3.63) is 35.3 Å². The van der Waals surface area contributed by atoms with E-state index in [9.17, 15) is 9.59 Å². The molecule has 7 heteroatoms. The number of carboxylic acids is 1. The molecule has 0 bridgehead atoms. The van der Waals surface area contributed by atoms with Crippen LogP contribution in [-0.4, -0.2) is 34.6 Å². The first kappa shape index (κ1) is 18.9. The number of ether oxygens (including phenoxy) is 1. The molecule has 0 unspecified atom stereocenters. The van der Waals surface area contributed by atoms with Crippen LogP contribution in [0.5, 0.6) is 5.75 Å². The highest BCUT2D eigenvalue weighted by Crippen LogP contribution is 2.26. The van der Waals surface area contributed by atoms with Crippen LogP contribution in [0.3, 0.4) is 0 Å². The number of hydrogen-bond donors (Lipinski definition) is 2. The smallest absolute Gasteiger partial charge is 0.326 e. The lowest BCUT2D eigenvalue weighted by Crippen LogP contribution is -2.44. The Balaban J connectivity index is 2.01. The second-order valence-electron chi connectivity index (χ2n) is 5.91. The lowest BCUT2D eigenvalue weighted by molar-refractivity contribution is -0.143. The van der Waals surface area contributed by atoms with E-state index >= 15 is 0 Å². The minimum atomic E-state index is -1.03. The maximum Gasteiger partial charge on any atom is 0.326 e. The topological polar surface area (TPSA) is 88.5 Å². The van der Waals surface area contributed by atoms with Crippen LogP contribution in [0.25, 0.3) is 10.6 Å². The number of carboxylic acid groups (broad SMARTS) is 1.